The Balaban J connectivity index is 1.82. The number of urea groups is 1. The lowest BCUT2D eigenvalue weighted by atomic mass is 9.92. The number of sulfone groups is 1. The summed E-state index contributed by atoms with van der Waals surface area (Å²) in [5.74, 6) is 0. The molecule has 2 N–H and O–H groups in total. The van der Waals surface area contributed by atoms with Crippen LogP contribution in [0.15, 0.2) is 78.0 Å². The number of amides is 2. The number of carbonyl (C=O) groups is 1. The van der Waals surface area contributed by atoms with Gasteiger partial charge >= 0.3 is 6.03 Å². The zero-order valence-corrected chi connectivity index (χ0v) is 22.2. The average Bonchev–Trinajstić information content (AvgIpc) is 2.83. The highest BCUT2D eigenvalue weighted by molar-refractivity contribution is 7.91. The van der Waals surface area contributed by atoms with Gasteiger partial charge in [-0.2, -0.15) is 9.72 Å². The van der Waals surface area contributed by atoms with E-state index in [-0.39, 0.29) is 11.5 Å². The number of rotatable bonds is 5. The van der Waals surface area contributed by atoms with Crippen molar-refractivity contribution in [3.63, 3.8) is 0 Å². The number of pyridine rings is 2. The average molecular weight is 519 g/mol. The van der Waals surface area contributed by atoms with Gasteiger partial charge in [-0.15, -0.1) is 0 Å². The minimum absolute atomic E-state index is 0.0718. The molecule has 192 valence electrons. The molecule has 0 fully saturated rings. The standard InChI is InChI=1S/C28H30N4O4S/c1-18(2)30-27(33)31-25-12-11-22(17-32(25)34)19-8-6-9-20(14-19)24-16-23(28(3,4)37(5,35)36)15-21-10-7-13-29-26(21)24/h6-18,34H,1-5H3,(H,30,33). The second kappa shape index (κ2) is 9.82. The first-order valence-electron chi connectivity index (χ1n) is 11.8. The molecule has 37 heavy (non-hydrogen) atoms. The SMILES string of the molecule is CC(C)NC(=O)N=c1ccc(-c2cccc(-c3cc(C(C)(C)S(C)(=O)=O)cc4cccnc34)c2)cn1O. The molecule has 2 amide bonds. The molecule has 9 heteroatoms. The van der Waals surface area contributed by atoms with Crippen molar-refractivity contribution in [1.82, 2.24) is 15.0 Å². The Morgan fingerprint density at radius 3 is 2.43 bits per heavy atom. The molecule has 8 nitrogen and oxygen atoms in total. The molecule has 0 unspecified atom stereocenters. The van der Waals surface area contributed by atoms with Crippen LogP contribution in [0.2, 0.25) is 0 Å². The van der Waals surface area contributed by atoms with Crippen molar-refractivity contribution in [2.45, 2.75) is 38.5 Å². The maximum Gasteiger partial charge on any atom is 0.343 e. The maximum atomic E-state index is 12.6. The van der Waals surface area contributed by atoms with E-state index in [1.54, 1.807) is 32.2 Å². The minimum Gasteiger partial charge on any atom is -0.427 e. The molecule has 4 rings (SSSR count). The van der Waals surface area contributed by atoms with Gasteiger partial charge in [-0.1, -0.05) is 24.3 Å². The third kappa shape index (κ3) is 5.41. The molecule has 0 bridgehead atoms. The Labute approximate surface area is 216 Å². The molecule has 0 saturated heterocycles. The molecular formula is C28H30N4O4S. The number of benzene rings is 2. The highest BCUT2D eigenvalue weighted by Crippen LogP contribution is 2.37. The highest BCUT2D eigenvalue weighted by atomic mass is 32.2. The van der Waals surface area contributed by atoms with Crippen molar-refractivity contribution in [2.75, 3.05) is 6.26 Å². The maximum absolute atomic E-state index is 12.6. The van der Waals surface area contributed by atoms with E-state index in [1.165, 1.54) is 12.5 Å². The molecule has 0 spiro atoms. The summed E-state index contributed by atoms with van der Waals surface area (Å²) in [7, 11) is -3.39. The van der Waals surface area contributed by atoms with Crippen molar-refractivity contribution in [3.8, 4) is 22.3 Å². The second-order valence-corrected chi connectivity index (χ2v) is 12.4. The normalized spacial score (nSPS) is 12.8. The lowest BCUT2D eigenvalue weighted by Gasteiger charge is -2.24. The molecule has 4 aromatic rings. The van der Waals surface area contributed by atoms with Crippen LogP contribution >= 0.6 is 0 Å². The van der Waals surface area contributed by atoms with Crippen molar-refractivity contribution in [1.29, 1.82) is 0 Å². The van der Waals surface area contributed by atoms with Crippen molar-refractivity contribution >= 4 is 26.8 Å². The number of fused-ring (bicyclic) bond motifs is 1. The topological polar surface area (TPSA) is 114 Å². The third-order valence-corrected chi connectivity index (χ3v) is 8.46. The first-order chi connectivity index (χ1) is 17.4. The fourth-order valence-electron chi connectivity index (χ4n) is 3.96. The van der Waals surface area contributed by atoms with Crippen molar-refractivity contribution in [3.05, 3.63) is 84.1 Å². The third-order valence-electron chi connectivity index (χ3n) is 6.37. The van der Waals surface area contributed by atoms with E-state index in [1.807, 2.05) is 62.4 Å². The number of hydrogen-bond donors (Lipinski definition) is 2. The summed E-state index contributed by atoms with van der Waals surface area (Å²) in [5, 5.41) is 13.9. The van der Waals surface area contributed by atoms with Crippen LogP contribution in [-0.4, -0.2) is 41.7 Å². The summed E-state index contributed by atoms with van der Waals surface area (Å²) in [4.78, 5) is 20.4. The molecule has 2 aromatic heterocycles. The van der Waals surface area contributed by atoms with E-state index in [2.05, 4.69) is 15.3 Å². The molecule has 0 aliphatic carbocycles. The smallest absolute Gasteiger partial charge is 0.343 e. The predicted molar refractivity (Wildman–Crippen MR) is 145 cm³/mol. The molecule has 0 saturated carbocycles. The lowest BCUT2D eigenvalue weighted by Crippen LogP contribution is -2.30. The number of hydrogen-bond acceptors (Lipinski definition) is 5. The van der Waals surface area contributed by atoms with E-state index in [0.29, 0.717) is 11.1 Å². The summed E-state index contributed by atoms with van der Waals surface area (Å²) >= 11 is 0. The molecule has 2 heterocycles. The Morgan fingerprint density at radius 2 is 1.76 bits per heavy atom. The summed E-state index contributed by atoms with van der Waals surface area (Å²) < 4.78 is 24.9. The summed E-state index contributed by atoms with van der Waals surface area (Å²) in [6, 6.07) is 17.9. The molecular weight excluding hydrogens is 488 g/mol. The van der Waals surface area contributed by atoms with Gasteiger partial charge in [0, 0.05) is 35.0 Å². The van der Waals surface area contributed by atoms with Crippen molar-refractivity contribution in [2.24, 2.45) is 4.99 Å². The molecule has 2 aromatic carbocycles. The van der Waals surface area contributed by atoms with Crippen LogP contribution in [-0.2, 0) is 14.6 Å². The first-order valence-corrected chi connectivity index (χ1v) is 13.7. The molecule has 0 radical (unpaired) electrons. The monoisotopic (exact) mass is 518 g/mol. The van der Waals surface area contributed by atoms with Crippen LogP contribution in [0.1, 0.15) is 33.3 Å². The Kier molecular flexibility index (Phi) is 6.92. The van der Waals surface area contributed by atoms with Crippen LogP contribution in [0.5, 0.6) is 0 Å². The van der Waals surface area contributed by atoms with Crippen LogP contribution in [0, 0.1) is 0 Å². The van der Waals surface area contributed by atoms with E-state index >= 15 is 0 Å². The Morgan fingerprint density at radius 1 is 1.03 bits per heavy atom. The van der Waals surface area contributed by atoms with Gasteiger partial charge < -0.3 is 10.5 Å². The van der Waals surface area contributed by atoms with E-state index in [9.17, 15) is 18.4 Å². The Bertz CT molecular complexity index is 1670. The van der Waals surface area contributed by atoms with Crippen LogP contribution in [0.3, 0.4) is 0 Å². The van der Waals surface area contributed by atoms with Gasteiger partial charge in [-0.3, -0.25) is 4.98 Å². The second-order valence-electron chi connectivity index (χ2n) is 9.80. The number of aromatic nitrogens is 2. The summed E-state index contributed by atoms with van der Waals surface area (Å²) in [6.07, 6.45) is 4.44. The fourth-order valence-corrected chi connectivity index (χ4v) is 4.51. The lowest BCUT2D eigenvalue weighted by molar-refractivity contribution is 0.171. The van der Waals surface area contributed by atoms with Gasteiger partial charge in [-0.25, -0.2) is 13.2 Å². The van der Waals surface area contributed by atoms with Gasteiger partial charge in [0.1, 0.15) is 0 Å². The van der Waals surface area contributed by atoms with E-state index in [4.69, 9.17) is 0 Å². The van der Waals surface area contributed by atoms with Gasteiger partial charge in [0.25, 0.3) is 0 Å². The first kappa shape index (κ1) is 26.1. The van der Waals surface area contributed by atoms with E-state index in [0.717, 1.165) is 32.3 Å². The molecule has 0 atom stereocenters. The number of nitrogens with one attached hydrogen (secondary N) is 1. The quantitative estimate of drug-likeness (QED) is 0.365. The van der Waals surface area contributed by atoms with Crippen molar-refractivity contribution < 1.29 is 18.4 Å². The van der Waals surface area contributed by atoms with Gasteiger partial charge in [-0.05, 0) is 80.8 Å². The predicted octanol–water partition coefficient (Wildman–Crippen LogP) is 4.91. The van der Waals surface area contributed by atoms with Crippen LogP contribution in [0.25, 0.3) is 33.2 Å². The van der Waals surface area contributed by atoms with Gasteiger partial charge in [0.15, 0.2) is 15.3 Å². The summed E-state index contributed by atoms with van der Waals surface area (Å²) in [6.45, 7) is 7.06. The zero-order chi connectivity index (χ0) is 27.0. The minimum atomic E-state index is -3.39. The fraction of sp³-hybridized carbons (Fsp3) is 0.250. The molecule has 0 aliphatic heterocycles. The van der Waals surface area contributed by atoms with Gasteiger partial charge in [0.05, 0.1) is 16.5 Å². The van der Waals surface area contributed by atoms with Crippen LogP contribution < -0.4 is 10.8 Å². The largest absolute Gasteiger partial charge is 0.427 e. The summed E-state index contributed by atoms with van der Waals surface area (Å²) in [5.41, 5.74) is 4.71. The molecule has 0 aliphatic rings. The van der Waals surface area contributed by atoms with Crippen LogP contribution in [0.4, 0.5) is 4.79 Å². The highest BCUT2D eigenvalue weighted by Gasteiger charge is 2.33. The number of carbonyl (C=O) groups excluding carboxylic acids is 1. The number of nitrogens with zero attached hydrogens (tertiary/aromatic N) is 3. The zero-order valence-electron chi connectivity index (χ0n) is 21.4. The van der Waals surface area contributed by atoms with E-state index < -0.39 is 20.6 Å². The Hall–Kier alpha value is -3.98. The van der Waals surface area contributed by atoms with Gasteiger partial charge in [0.2, 0.25) is 0 Å².